The van der Waals surface area contributed by atoms with Gasteiger partial charge < -0.3 is 9.80 Å². The number of rotatable bonds is 5. The van der Waals surface area contributed by atoms with Gasteiger partial charge in [-0.25, -0.2) is 8.78 Å². The Kier molecular flexibility index (Phi) is 6.29. The molecule has 0 saturated carbocycles. The Labute approximate surface area is 190 Å². The summed E-state index contributed by atoms with van der Waals surface area (Å²) in [4.78, 5) is 18.8. The number of carbonyl (C=O) groups is 1. The van der Waals surface area contributed by atoms with Gasteiger partial charge in [0.25, 0.3) is 5.92 Å². The minimum Gasteiger partial charge on any atom is -0.370 e. The van der Waals surface area contributed by atoms with Crippen LogP contribution >= 0.6 is 12.6 Å². The number of piperidine rings is 1. The number of likely N-dealkylation sites (tertiary alicyclic amines) is 2. The summed E-state index contributed by atoms with van der Waals surface area (Å²) in [6, 6.07) is 8.54. The van der Waals surface area contributed by atoms with Gasteiger partial charge in [0.05, 0.1) is 13.1 Å². The number of halogens is 2. The van der Waals surface area contributed by atoms with Crippen molar-refractivity contribution in [2.24, 2.45) is 17.3 Å². The quantitative estimate of drug-likeness (QED) is 0.675. The van der Waals surface area contributed by atoms with Crippen molar-refractivity contribution in [3.05, 3.63) is 29.8 Å². The van der Waals surface area contributed by atoms with Crippen molar-refractivity contribution in [3.8, 4) is 0 Å². The van der Waals surface area contributed by atoms with Crippen LogP contribution in [0.5, 0.6) is 0 Å². The molecular formula is C24H35F2N3OS. The van der Waals surface area contributed by atoms with Crippen molar-refractivity contribution in [1.82, 2.24) is 9.80 Å². The molecule has 3 aliphatic rings. The number of amides is 1. The second-order valence-corrected chi connectivity index (χ2v) is 11.1. The Morgan fingerprint density at radius 2 is 1.77 bits per heavy atom. The number of hydrogen-bond donors (Lipinski definition) is 1. The van der Waals surface area contributed by atoms with Gasteiger partial charge in [0.1, 0.15) is 0 Å². The Morgan fingerprint density at radius 1 is 1.10 bits per heavy atom. The van der Waals surface area contributed by atoms with Crippen LogP contribution in [0.3, 0.4) is 0 Å². The van der Waals surface area contributed by atoms with Gasteiger partial charge in [0, 0.05) is 48.4 Å². The summed E-state index contributed by atoms with van der Waals surface area (Å²) < 4.78 is 29.0. The van der Waals surface area contributed by atoms with E-state index in [1.54, 1.807) is 4.90 Å². The zero-order valence-corrected chi connectivity index (χ0v) is 19.8. The van der Waals surface area contributed by atoms with Gasteiger partial charge in [0.15, 0.2) is 0 Å². The fraction of sp³-hybridized carbons (Fsp3) is 0.708. The largest absolute Gasteiger partial charge is 0.370 e. The number of hydrogen-bond acceptors (Lipinski definition) is 4. The molecule has 172 valence electrons. The predicted octanol–water partition coefficient (Wildman–Crippen LogP) is 4.33. The smallest absolute Gasteiger partial charge is 0.263 e. The molecule has 3 heterocycles. The van der Waals surface area contributed by atoms with Crippen molar-refractivity contribution < 1.29 is 13.6 Å². The molecule has 3 aliphatic heterocycles. The summed E-state index contributed by atoms with van der Waals surface area (Å²) in [5.41, 5.74) is 2.58. The molecule has 0 bridgehead atoms. The topological polar surface area (TPSA) is 26.8 Å². The number of thiol groups is 1. The third kappa shape index (κ3) is 4.72. The van der Waals surface area contributed by atoms with Gasteiger partial charge in [-0.3, -0.25) is 9.69 Å². The van der Waals surface area contributed by atoms with E-state index >= 15 is 0 Å². The lowest BCUT2D eigenvalue weighted by Gasteiger charge is -2.49. The summed E-state index contributed by atoms with van der Waals surface area (Å²) in [5, 5.41) is 0.224. The van der Waals surface area contributed by atoms with Crippen molar-refractivity contribution >= 4 is 24.2 Å². The molecule has 0 aromatic heterocycles. The average molecular weight is 452 g/mol. The number of nitrogens with zero attached hydrogens (tertiary/aromatic N) is 3. The van der Waals surface area contributed by atoms with Crippen LogP contribution in [0.15, 0.2) is 24.3 Å². The van der Waals surface area contributed by atoms with Gasteiger partial charge in [-0.2, -0.15) is 12.6 Å². The van der Waals surface area contributed by atoms with E-state index in [1.165, 1.54) is 11.3 Å². The lowest BCUT2D eigenvalue weighted by Crippen LogP contribution is -2.58. The van der Waals surface area contributed by atoms with Crippen LogP contribution in [0.2, 0.25) is 0 Å². The molecule has 2 unspecified atom stereocenters. The lowest BCUT2D eigenvalue weighted by molar-refractivity contribution is -0.142. The van der Waals surface area contributed by atoms with Crippen LogP contribution in [-0.4, -0.2) is 67.4 Å². The van der Waals surface area contributed by atoms with E-state index in [-0.39, 0.29) is 35.6 Å². The highest BCUT2D eigenvalue weighted by atomic mass is 32.1. The maximum atomic E-state index is 14.5. The van der Waals surface area contributed by atoms with E-state index in [4.69, 9.17) is 0 Å². The molecule has 3 saturated heterocycles. The Bertz CT molecular complexity index is 793. The van der Waals surface area contributed by atoms with Crippen LogP contribution in [-0.2, 0) is 4.79 Å². The minimum atomic E-state index is -2.71. The van der Waals surface area contributed by atoms with Crippen molar-refractivity contribution in [1.29, 1.82) is 0 Å². The van der Waals surface area contributed by atoms with Gasteiger partial charge in [-0.1, -0.05) is 26.0 Å². The summed E-state index contributed by atoms with van der Waals surface area (Å²) in [5.74, 6) is -3.33. The first kappa shape index (κ1) is 22.8. The molecule has 1 spiro atoms. The Balaban J connectivity index is 1.27. The number of anilines is 1. The van der Waals surface area contributed by atoms with Gasteiger partial charge in [-0.15, -0.1) is 0 Å². The molecule has 0 N–H and O–H groups in total. The third-order valence-corrected chi connectivity index (χ3v) is 7.78. The third-order valence-electron chi connectivity index (χ3n) is 7.48. The summed E-state index contributed by atoms with van der Waals surface area (Å²) in [6.07, 6.45) is 1.45. The summed E-state index contributed by atoms with van der Waals surface area (Å²) >= 11 is 4.48. The zero-order valence-electron chi connectivity index (χ0n) is 18.9. The maximum absolute atomic E-state index is 14.5. The second-order valence-electron chi connectivity index (χ2n) is 10.3. The molecule has 7 heteroatoms. The molecule has 31 heavy (non-hydrogen) atoms. The van der Waals surface area contributed by atoms with Gasteiger partial charge in [-0.05, 0) is 49.9 Å². The number of alkyl halides is 2. The van der Waals surface area contributed by atoms with Gasteiger partial charge in [0.2, 0.25) is 5.91 Å². The van der Waals surface area contributed by atoms with Crippen LogP contribution < -0.4 is 4.90 Å². The van der Waals surface area contributed by atoms with E-state index in [1.807, 2.05) is 18.7 Å². The normalized spacial score (nSPS) is 26.4. The lowest BCUT2D eigenvalue weighted by atomic mass is 9.78. The molecule has 1 aromatic carbocycles. The highest BCUT2D eigenvalue weighted by Crippen LogP contribution is 2.42. The SMILES string of the molecule is CC(S)c1ccc(N2CC3(CCN(C(=O)CN4CCC(C(C)C)C(F)(F)C4)C3)C2)cc1. The van der Waals surface area contributed by atoms with Crippen molar-refractivity contribution in [3.63, 3.8) is 0 Å². The standard InChI is InChI=1S/C24H35F2N3OS/c1-17(2)21-8-10-27(16-24(21,25)26)12-22(30)28-11-9-23(13-28)14-29(15-23)20-6-4-19(5-7-20)18(3)31/h4-7,17-18,21,31H,8-16H2,1-3H3. The van der Waals surface area contributed by atoms with E-state index in [2.05, 4.69) is 48.7 Å². The van der Waals surface area contributed by atoms with Crippen molar-refractivity contribution in [2.75, 3.05) is 50.7 Å². The van der Waals surface area contributed by atoms with E-state index in [9.17, 15) is 13.6 Å². The monoisotopic (exact) mass is 451 g/mol. The minimum absolute atomic E-state index is 0.00115. The molecule has 1 amide bonds. The average Bonchev–Trinajstić information content (AvgIpc) is 3.12. The molecule has 2 atom stereocenters. The molecule has 1 aromatic rings. The van der Waals surface area contributed by atoms with E-state index in [0.29, 0.717) is 13.0 Å². The summed E-state index contributed by atoms with van der Waals surface area (Å²) in [6.45, 7) is 9.56. The molecule has 0 aliphatic carbocycles. The molecular weight excluding hydrogens is 416 g/mol. The molecule has 0 radical (unpaired) electrons. The first-order valence-corrected chi connectivity index (χ1v) is 12.0. The highest BCUT2D eigenvalue weighted by molar-refractivity contribution is 7.80. The highest BCUT2D eigenvalue weighted by Gasteiger charge is 2.50. The maximum Gasteiger partial charge on any atom is 0.263 e. The van der Waals surface area contributed by atoms with Crippen LogP contribution in [0, 0.1) is 17.3 Å². The number of carbonyl (C=O) groups excluding carboxylic acids is 1. The molecule has 4 rings (SSSR count). The van der Waals surface area contributed by atoms with Crippen LogP contribution in [0.25, 0.3) is 0 Å². The molecule has 3 fully saturated rings. The van der Waals surface area contributed by atoms with E-state index < -0.39 is 11.8 Å². The zero-order chi connectivity index (χ0) is 22.4. The second kappa shape index (κ2) is 8.54. The van der Waals surface area contributed by atoms with Crippen LogP contribution in [0.1, 0.15) is 44.4 Å². The first-order chi connectivity index (χ1) is 14.6. The Morgan fingerprint density at radius 3 is 2.35 bits per heavy atom. The first-order valence-electron chi connectivity index (χ1n) is 11.5. The fourth-order valence-corrected chi connectivity index (χ4v) is 5.76. The summed E-state index contributed by atoms with van der Waals surface area (Å²) in [7, 11) is 0. The number of benzene rings is 1. The predicted molar refractivity (Wildman–Crippen MR) is 124 cm³/mol. The van der Waals surface area contributed by atoms with Gasteiger partial charge >= 0.3 is 0 Å². The van der Waals surface area contributed by atoms with Crippen molar-refractivity contribution in [2.45, 2.75) is 44.8 Å². The Hall–Kier alpha value is -1.34. The fourth-order valence-electron chi connectivity index (χ4n) is 5.59. The van der Waals surface area contributed by atoms with E-state index in [0.717, 1.165) is 32.6 Å². The van der Waals surface area contributed by atoms with Crippen LogP contribution in [0.4, 0.5) is 14.5 Å². The molecule has 4 nitrogen and oxygen atoms in total.